The maximum absolute atomic E-state index is 12.5. The summed E-state index contributed by atoms with van der Waals surface area (Å²) in [7, 11) is 0. The molecule has 3 aromatic rings. The van der Waals surface area contributed by atoms with Crippen LogP contribution in [0.2, 0.25) is 0 Å². The molecule has 2 aromatic carbocycles. The van der Waals surface area contributed by atoms with Crippen LogP contribution in [-0.4, -0.2) is 25.7 Å². The van der Waals surface area contributed by atoms with Crippen LogP contribution in [0.1, 0.15) is 22.9 Å². The minimum atomic E-state index is -0.105. The average Bonchev–Trinajstić information content (AvgIpc) is 3.14. The molecule has 0 aliphatic carbocycles. The molecule has 0 spiro atoms. The number of hydrogen-bond donors (Lipinski definition) is 2. The van der Waals surface area contributed by atoms with Gasteiger partial charge in [0.1, 0.15) is 0 Å². The molecule has 1 atom stereocenters. The van der Waals surface area contributed by atoms with Gasteiger partial charge >= 0.3 is 0 Å². The van der Waals surface area contributed by atoms with Crippen molar-refractivity contribution in [2.24, 2.45) is 0 Å². The fourth-order valence-electron chi connectivity index (χ4n) is 3.12. The Balaban J connectivity index is 1.41. The lowest BCUT2D eigenvalue weighted by molar-refractivity contribution is -0.115. The summed E-state index contributed by atoms with van der Waals surface area (Å²) in [6, 6.07) is 19.7. The summed E-state index contributed by atoms with van der Waals surface area (Å²) >= 11 is 1.67. The van der Waals surface area contributed by atoms with Crippen molar-refractivity contribution in [3.63, 3.8) is 0 Å². The predicted octanol–water partition coefficient (Wildman–Crippen LogP) is 4.23. The van der Waals surface area contributed by atoms with Gasteiger partial charge in [-0.25, -0.2) is 0 Å². The Bertz CT molecular complexity index is 913. The van der Waals surface area contributed by atoms with Gasteiger partial charge in [0, 0.05) is 23.1 Å². The highest BCUT2D eigenvalue weighted by molar-refractivity contribution is 7.10. The summed E-state index contributed by atoms with van der Waals surface area (Å²) in [6.45, 7) is 1.46. The summed E-state index contributed by atoms with van der Waals surface area (Å²) in [4.78, 5) is 13.7. The van der Waals surface area contributed by atoms with Gasteiger partial charge in [0.2, 0.25) is 5.91 Å². The van der Waals surface area contributed by atoms with E-state index < -0.39 is 0 Å². The summed E-state index contributed by atoms with van der Waals surface area (Å²) in [5, 5.41) is 8.35. The van der Waals surface area contributed by atoms with E-state index in [4.69, 9.17) is 9.47 Å². The van der Waals surface area contributed by atoms with Gasteiger partial charge in [-0.15, -0.1) is 11.3 Å². The van der Waals surface area contributed by atoms with Crippen LogP contribution in [0.5, 0.6) is 11.5 Å². The van der Waals surface area contributed by atoms with Gasteiger partial charge < -0.3 is 14.8 Å². The van der Waals surface area contributed by atoms with Crippen molar-refractivity contribution < 1.29 is 14.3 Å². The average molecular weight is 394 g/mol. The molecular weight excluding hydrogens is 372 g/mol. The number of ether oxygens (including phenoxy) is 2. The van der Waals surface area contributed by atoms with Crippen LogP contribution in [0.4, 0.5) is 5.69 Å². The van der Waals surface area contributed by atoms with Crippen molar-refractivity contribution >= 4 is 22.9 Å². The van der Waals surface area contributed by atoms with Crippen LogP contribution in [0.3, 0.4) is 0 Å². The fourth-order valence-corrected chi connectivity index (χ4v) is 3.95. The number of carbonyl (C=O) groups is 1. The van der Waals surface area contributed by atoms with Gasteiger partial charge in [0.05, 0.1) is 25.8 Å². The number of anilines is 1. The number of benzene rings is 2. The van der Waals surface area contributed by atoms with E-state index in [9.17, 15) is 4.79 Å². The third-order valence-electron chi connectivity index (χ3n) is 4.46. The van der Waals surface area contributed by atoms with Crippen molar-refractivity contribution in [1.82, 2.24) is 5.32 Å². The zero-order valence-corrected chi connectivity index (χ0v) is 16.2. The van der Waals surface area contributed by atoms with E-state index in [0.717, 1.165) is 17.7 Å². The summed E-state index contributed by atoms with van der Waals surface area (Å²) in [5.41, 5.74) is 1.83. The molecule has 0 radical (unpaired) electrons. The second-order valence-corrected chi connectivity index (χ2v) is 7.48. The Morgan fingerprint density at radius 2 is 1.82 bits per heavy atom. The van der Waals surface area contributed by atoms with Gasteiger partial charge in [0.15, 0.2) is 11.5 Å². The summed E-state index contributed by atoms with van der Waals surface area (Å²) < 4.78 is 11.3. The normalized spacial score (nSPS) is 14.1. The van der Waals surface area contributed by atoms with Crippen LogP contribution >= 0.6 is 11.3 Å². The Morgan fingerprint density at radius 1 is 1.00 bits per heavy atom. The predicted molar refractivity (Wildman–Crippen MR) is 111 cm³/mol. The Labute approximate surface area is 168 Å². The molecular formula is C22H22N2O3S. The topological polar surface area (TPSA) is 59.6 Å². The van der Waals surface area contributed by atoms with Crippen LogP contribution in [0.15, 0.2) is 66.0 Å². The second-order valence-electron chi connectivity index (χ2n) is 6.50. The van der Waals surface area contributed by atoms with E-state index in [1.807, 2.05) is 47.8 Å². The smallest absolute Gasteiger partial charge is 0.238 e. The van der Waals surface area contributed by atoms with E-state index in [1.54, 1.807) is 11.3 Å². The van der Waals surface area contributed by atoms with Gasteiger partial charge in [-0.05, 0) is 29.1 Å². The lowest BCUT2D eigenvalue weighted by atomic mass is 10.1. The molecule has 1 aromatic heterocycles. The first kappa shape index (κ1) is 18.5. The van der Waals surface area contributed by atoms with Gasteiger partial charge in [-0.3, -0.25) is 10.1 Å². The molecule has 1 amide bonds. The molecule has 0 fully saturated rings. The summed E-state index contributed by atoms with van der Waals surface area (Å²) in [5.74, 6) is 1.28. The van der Waals surface area contributed by atoms with Gasteiger partial charge in [-0.1, -0.05) is 36.4 Å². The zero-order valence-electron chi connectivity index (χ0n) is 15.4. The molecule has 144 valence electrons. The Hall–Kier alpha value is -2.83. The van der Waals surface area contributed by atoms with Crippen LogP contribution in [0.25, 0.3) is 0 Å². The molecule has 0 unspecified atom stereocenters. The zero-order chi connectivity index (χ0) is 19.2. The molecule has 2 heterocycles. The first-order valence-corrected chi connectivity index (χ1v) is 10.2. The van der Waals surface area contributed by atoms with E-state index in [2.05, 4.69) is 28.8 Å². The Kier molecular flexibility index (Phi) is 5.89. The molecule has 0 saturated carbocycles. The molecule has 2 N–H and O–H groups in total. The molecule has 0 saturated heterocycles. The molecule has 1 aliphatic rings. The minimum absolute atomic E-state index is 0.0178. The van der Waals surface area contributed by atoms with Crippen molar-refractivity contribution in [2.45, 2.75) is 12.5 Å². The Morgan fingerprint density at radius 3 is 2.61 bits per heavy atom. The number of nitrogens with one attached hydrogen (secondary N) is 2. The van der Waals surface area contributed by atoms with Crippen molar-refractivity contribution in [3.8, 4) is 11.5 Å². The number of fused-ring (bicyclic) bond motifs is 1. The van der Waals surface area contributed by atoms with E-state index in [-0.39, 0.29) is 18.5 Å². The largest absolute Gasteiger partial charge is 0.490 e. The maximum atomic E-state index is 12.5. The minimum Gasteiger partial charge on any atom is -0.490 e. The van der Waals surface area contributed by atoms with Gasteiger partial charge in [-0.2, -0.15) is 0 Å². The SMILES string of the molecule is O=C(CN[C@H](c1ccccc1)c1cccs1)Nc1ccc2c(c1)OCCCO2. The van der Waals surface area contributed by atoms with Crippen LogP contribution in [-0.2, 0) is 4.79 Å². The first-order valence-electron chi connectivity index (χ1n) is 9.31. The molecule has 0 bridgehead atoms. The standard InChI is InChI=1S/C22H22N2O3S/c25-21(24-17-9-10-18-19(14-17)27-12-5-11-26-18)15-23-22(20-8-4-13-28-20)16-6-2-1-3-7-16/h1-4,6-10,13-14,22-23H,5,11-12,15H2,(H,24,25)/t22-/m1/s1. The third-order valence-corrected chi connectivity index (χ3v) is 5.40. The van der Waals surface area contributed by atoms with E-state index in [0.29, 0.717) is 24.7 Å². The quantitative estimate of drug-likeness (QED) is 0.657. The summed E-state index contributed by atoms with van der Waals surface area (Å²) in [6.07, 6.45) is 0.851. The number of rotatable bonds is 6. The van der Waals surface area contributed by atoms with E-state index >= 15 is 0 Å². The van der Waals surface area contributed by atoms with Gasteiger partial charge in [0.25, 0.3) is 0 Å². The highest BCUT2D eigenvalue weighted by Gasteiger charge is 2.17. The van der Waals surface area contributed by atoms with Crippen molar-refractivity contribution in [2.75, 3.05) is 25.1 Å². The number of thiophene rings is 1. The van der Waals surface area contributed by atoms with Crippen LogP contribution in [0, 0.1) is 0 Å². The lowest BCUT2D eigenvalue weighted by Gasteiger charge is -2.18. The molecule has 28 heavy (non-hydrogen) atoms. The monoisotopic (exact) mass is 394 g/mol. The first-order chi connectivity index (χ1) is 13.8. The van der Waals surface area contributed by atoms with Crippen molar-refractivity contribution in [1.29, 1.82) is 0 Å². The second kappa shape index (κ2) is 8.91. The number of hydrogen-bond acceptors (Lipinski definition) is 5. The molecule has 4 rings (SSSR count). The number of amides is 1. The highest BCUT2D eigenvalue weighted by atomic mass is 32.1. The fraction of sp³-hybridized carbons (Fsp3) is 0.227. The number of carbonyl (C=O) groups excluding carboxylic acids is 1. The van der Waals surface area contributed by atoms with Crippen molar-refractivity contribution in [3.05, 3.63) is 76.5 Å². The highest BCUT2D eigenvalue weighted by Crippen LogP contribution is 2.32. The third kappa shape index (κ3) is 4.52. The lowest BCUT2D eigenvalue weighted by Crippen LogP contribution is -2.31. The molecule has 1 aliphatic heterocycles. The van der Waals surface area contributed by atoms with E-state index in [1.165, 1.54) is 4.88 Å². The maximum Gasteiger partial charge on any atom is 0.238 e. The van der Waals surface area contributed by atoms with Crippen LogP contribution < -0.4 is 20.1 Å². The molecule has 5 nitrogen and oxygen atoms in total. The molecule has 6 heteroatoms.